The summed E-state index contributed by atoms with van der Waals surface area (Å²) in [7, 11) is 0. The second kappa shape index (κ2) is 8.17. The lowest BCUT2D eigenvalue weighted by molar-refractivity contribution is -0.143. The van der Waals surface area contributed by atoms with Crippen molar-refractivity contribution in [2.24, 2.45) is 5.92 Å². The van der Waals surface area contributed by atoms with E-state index in [4.69, 9.17) is 0 Å². The summed E-state index contributed by atoms with van der Waals surface area (Å²) in [4.78, 5) is 24.6. The second-order valence-electron chi connectivity index (χ2n) is 5.69. The Labute approximate surface area is 129 Å². The molecule has 1 aromatic heterocycles. The predicted molar refractivity (Wildman–Crippen MR) is 83.4 cm³/mol. The molecule has 2 rings (SSSR count). The third-order valence-electron chi connectivity index (χ3n) is 4.09. The number of carbonyl (C=O) groups is 2. The van der Waals surface area contributed by atoms with Crippen LogP contribution in [0.1, 0.15) is 49.8 Å². The van der Waals surface area contributed by atoms with Gasteiger partial charge in [-0.1, -0.05) is 25.3 Å². The molecule has 5 heteroatoms. The van der Waals surface area contributed by atoms with Crippen molar-refractivity contribution in [1.29, 1.82) is 0 Å². The van der Waals surface area contributed by atoms with Crippen molar-refractivity contribution >= 4 is 23.2 Å². The number of amides is 1. The summed E-state index contributed by atoms with van der Waals surface area (Å²) in [5.74, 6) is -1.21. The summed E-state index contributed by atoms with van der Waals surface area (Å²) in [6.45, 7) is 0. The molecule has 2 unspecified atom stereocenters. The van der Waals surface area contributed by atoms with Crippen molar-refractivity contribution in [3.05, 3.63) is 22.4 Å². The lowest BCUT2D eigenvalue weighted by atomic mass is 9.94. The predicted octanol–water partition coefficient (Wildman–Crippen LogP) is 3.22. The SMILES string of the molecule is O=C(CCCc1cccs1)NC1CCCCCC1C(=O)O. The molecule has 1 aromatic rings. The molecule has 2 atom stereocenters. The molecule has 2 N–H and O–H groups in total. The van der Waals surface area contributed by atoms with E-state index in [2.05, 4.69) is 11.4 Å². The number of hydrogen-bond acceptors (Lipinski definition) is 3. The van der Waals surface area contributed by atoms with E-state index < -0.39 is 11.9 Å². The molecule has 0 aliphatic heterocycles. The average Bonchev–Trinajstić information content (AvgIpc) is 2.84. The first-order valence-corrected chi connectivity index (χ1v) is 8.59. The Kier molecular flexibility index (Phi) is 6.23. The number of thiophene rings is 1. The molecule has 1 aliphatic carbocycles. The largest absolute Gasteiger partial charge is 0.481 e. The molecular weight excluding hydrogens is 286 g/mol. The van der Waals surface area contributed by atoms with Gasteiger partial charge in [0.05, 0.1) is 5.92 Å². The summed E-state index contributed by atoms with van der Waals surface area (Å²) in [5.41, 5.74) is 0. The molecular formula is C16H23NO3S. The standard InChI is InChI=1S/C16H23NO3S/c18-15(10-4-6-12-7-5-11-21-12)17-14-9-3-1-2-8-13(14)16(19)20/h5,7,11,13-14H,1-4,6,8-10H2,(H,17,18)(H,19,20). The Bertz CT molecular complexity index is 458. The minimum Gasteiger partial charge on any atom is -0.481 e. The summed E-state index contributed by atoms with van der Waals surface area (Å²) in [5, 5.41) is 14.3. The maximum Gasteiger partial charge on any atom is 0.308 e. The molecule has 0 spiro atoms. The van der Waals surface area contributed by atoms with Crippen molar-refractivity contribution in [2.75, 3.05) is 0 Å². The Hall–Kier alpha value is -1.36. The number of rotatable bonds is 6. The Morgan fingerprint density at radius 1 is 1.29 bits per heavy atom. The van der Waals surface area contributed by atoms with Crippen molar-refractivity contribution < 1.29 is 14.7 Å². The van der Waals surface area contributed by atoms with Gasteiger partial charge in [0.1, 0.15) is 0 Å². The van der Waals surface area contributed by atoms with Gasteiger partial charge in [-0.05, 0) is 37.1 Å². The molecule has 116 valence electrons. The Morgan fingerprint density at radius 3 is 2.81 bits per heavy atom. The Balaban J connectivity index is 1.77. The van der Waals surface area contributed by atoms with Gasteiger partial charge < -0.3 is 10.4 Å². The minimum atomic E-state index is -0.777. The van der Waals surface area contributed by atoms with Crippen LogP contribution in [0.4, 0.5) is 0 Å². The van der Waals surface area contributed by atoms with E-state index in [1.807, 2.05) is 11.4 Å². The van der Waals surface area contributed by atoms with E-state index in [0.717, 1.165) is 38.5 Å². The topological polar surface area (TPSA) is 66.4 Å². The van der Waals surface area contributed by atoms with Gasteiger partial charge in [-0.15, -0.1) is 11.3 Å². The van der Waals surface area contributed by atoms with Gasteiger partial charge in [-0.25, -0.2) is 0 Å². The fourth-order valence-corrected chi connectivity index (χ4v) is 3.68. The number of carboxylic acid groups (broad SMARTS) is 1. The summed E-state index contributed by atoms with van der Waals surface area (Å²) >= 11 is 1.71. The molecule has 21 heavy (non-hydrogen) atoms. The van der Waals surface area contributed by atoms with Crippen LogP contribution in [0, 0.1) is 5.92 Å². The third kappa shape index (κ3) is 5.16. The molecule has 1 heterocycles. The number of aliphatic carboxylic acids is 1. The van der Waals surface area contributed by atoms with Crippen molar-refractivity contribution in [2.45, 2.75) is 57.4 Å². The first kappa shape index (κ1) is 16.0. The van der Waals surface area contributed by atoms with E-state index in [1.54, 1.807) is 11.3 Å². The number of hydrogen-bond donors (Lipinski definition) is 2. The zero-order chi connectivity index (χ0) is 15.1. The lowest BCUT2D eigenvalue weighted by Gasteiger charge is -2.22. The zero-order valence-corrected chi connectivity index (χ0v) is 13.0. The molecule has 1 amide bonds. The van der Waals surface area contributed by atoms with Crippen LogP contribution in [0.2, 0.25) is 0 Å². The lowest BCUT2D eigenvalue weighted by Crippen LogP contribution is -2.42. The third-order valence-corrected chi connectivity index (χ3v) is 5.02. The van der Waals surface area contributed by atoms with Crippen LogP contribution in [0.15, 0.2) is 17.5 Å². The molecule has 1 fully saturated rings. The highest BCUT2D eigenvalue weighted by molar-refractivity contribution is 7.09. The molecule has 1 saturated carbocycles. The molecule has 0 aromatic carbocycles. The quantitative estimate of drug-likeness (QED) is 0.793. The van der Waals surface area contributed by atoms with Gasteiger partial charge in [-0.3, -0.25) is 9.59 Å². The second-order valence-corrected chi connectivity index (χ2v) is 6.72. The van der Waals surface area contributed by atoms with Crippen LogP contribution in [0.25, 0.3) is 0 Å². The zero-order valence-electron chi connectivity index (χ0n) is 12.2. The number of carboxylic acids is 1. The van der Waals surface area contributed by atoms with Crippen LogP contribution in [0.5, 0.6) is 0 Å². The minimum absolute atomic E-state index is 0.00953. The first-order valence-electron chi connectivity index (χ1n) is 7.71. The first-order chi connectivity index (χ1) is 10.2. The smallest absolute Gasteiger partial charge is 0.308 e. The van der Waals surface area contributed by atoms with E-state index in [0.29, 0.717) is 12.8 Å². The number of aryl methyl sites for hydroxylation is 1. The molecule has 0 saturated heterocycles. The maximum absolute atomic E-state index is 12.0. The average molecular weight is 309 g/mol. The van der Waals surface area contributed by atoms with Crippen molar-refractivity contribution in [1.82, 2.24) is 5.32 Å². The van der Waals surface area contributed by atoms with Crippen LogP contribution < -0.4 is 5.32 Å². The summed E-state index contributed by atoms with van der Waals surface area (Å²) in [6, 6.07) is 3.90. The maximum atomic E-state index is 12.0. The highest BCUT2D eigenvalue weighted by Gasteiger charge is 2.30. The van der Waals surface area contributed by atoms with Gasteiger partial charge in [0.25, 0.3) is 0 Å². The molecule has 0 bridgehead atoms. The molecule has 4 nitrogen and oxygen atoms in total. The highest BCUT2D eigenvalue weighted by Crippen LogP contribution is 2.24. The van der Waals surface area contributed by atoms with Crippen molar-refractivity contribution in [3.63, 3.8) is 0 Å². The van der Waals surface area contributed by atoms with E-state index >= 15 is 0 Å². The van der Waals surface area contributed by atoms with Crippen LogP contribution in [0.3, 0.4) is 0 Å². The molecule has 1 aliphatic rings. The number of nitrogens with one attached hydrogen (secondary N) is 1. The molecule has 0 radical (unpaired) electrons. The van der Waals surface area contributed by atoms with Crippen LogP contribution in [-0.2, 0) is 16.0 Å². The normalized spacial score (nSPS) is 22.5. The van der Waals surface area contributed by atoms with E-state index in [9.17, 15) is 14.7 Å². The van der Waals surface area contributed by atoms with Gasteiger partial charge in [0.15, 0.2) is 0 Å². The van der Waals surface area contributed by atoms with Gasteiger partial charge >= 0.3 is 5.97 Å². The highest BCUT2D eigenvalue weighted by atomic mass is 32.1. The van der Waals surface area contributed by atoms with Gasteiger partial charge in [0, 0.05) is 17.3 Å². The Morgan fingerprint density at radius 2 is 2.10 bits per heavy atom. The monoisotopic (exact) mass is 309 g/mol. The van der Waals surface area contributed by atoms with E-state index in [1.165, 1.54) is 4.88 Å². The van der Waals surface area contributed by atoms with E-state index in [-0.39, 0.29) is 11.9 Å². The number of carbonyl (C=O) groups excluding carboxylic acids is 1. The fourth-order valence-electron chi connectivity index (χ4n) is 2.93. The summed E-state index contributed by atoms with van der Waals surface area (Å²) < 4.78 is 0. The van der Waals surface area contributed by atoms with Gasteiger partial charge in [0.2, 0.25) is 5.91 Å². The van der Waals surface area contributed by atoms with Gasteiger partial charge in [-0.2, -0.15) is 0 Å². The van der Waals surface area contributed by atoms with Crippen LogP contribution >= 0.6 is 11.3 Å². The fraction of sp³-hybridized carbons (Fsp3) is 0.625. The van der Waals surface area contributed by atoms with Crippen molar-refractivity contribution in [3.8, 4) is 0 Å². The summed E-state index contributed by atoms with van der Waals surface area (Å²) in [6.07, 6.45) is 6.68. The van der Waals surface area contributed by atoms with Crippen LogP contribution in [-0.4, -0.2) is 23.0 Å².